The predicted octanol–water partition coefficient (Wildman–Crippen LogP) is 3.00. The van der Waals surface area contributed by atoms with Crippen molar-refractivity contribution in [2.75, 3.05) is 30.9 Å². The van der Waals surface area contributed by atoms with E-state index < -0.39 is 0 Å². The molecule has 3 heteroatoms. The quantitative estimate of drug-likeness (QED) is 0.647. The van der Waals surface area contributed by atoms with Crippen LogP contribution in [0.4, 0.5) is 0 Å². The van der Waals surface area contributed by atoms with Crippen molar-refractivity contribution in [2.45, 2.75) is 37.4 Å². The second-order valence-corrected chi connectivity index (χ2v) is 6.64. The number of nitrogens with one attached hydrogen (secondary N) is 1. The van der Waals surface area contributed by atoms with E-state index in [0.29, 0.717) is 4.75 Å². The Kier molecular flexibility index (Phi) is 6.38. The van der Waals surface area contributed by atoms with Crippen molar-refractivity contribution in [2.24, 2.45) is 0 Å². The van der Waals surface area contributed by atoms with Crippen molar-refractivity contribution in [1.29, 1.82) is 0 Å². The van der Waals surface area contributed by atoms with Crippen molar-refractivity contribution >= 4 is 23.5 Å². The summed E-state index contributed by atoms with van der Waals surface area (Å²) in [5.41, 5.74) is 0. The molecule has 1 nitrogen and oxygen atoms in total. The Morgan fingerprint density at radius 3 is 2.64 bits per heavy atom. The van der Waals surface area contributed by atoms with Gasteiger partial charge in [-0.05, 0) is 43.6 Å². The van der Waals surface area contributed by atoms with Crippen molar-refractivity contribution in [1.82, 2.24) is 5.32 Å². The highest BCUT2D eigenvalue weighted by atomic mass is 32.2. The third-order valence-electron chi connectivity index (χ3n) is 2.99. The third kappa shape index (κ3) is 4.03. The Hall–Kier alpha value is 0.660. The molecule has 0 atom stereocenters. The molecule has 0 aromatic heterocycles. The summed E-state index contributed by atoms with van der Waals surface area (Å²) in [6.07, 6.45) is 7.86. The molecule has 1 N–H and O–H groups in total. The van der Waals surface area contributed by atoms with E-state index in [1.807, 2.05) is 11.8 Å². The minimum Gasteiger partial charge on any atom is -0.315 e. The zero-order valence-corrected chi connectivity index (χ0v) is 11.1. The smallest absolute Gasteiger partial charge is 0.0281 e. The van der Waals surface area contributed by atoms with Crippen molar-refractivity contribution in [3.63, 3.8) is 0 Å². The highest BCUT2D eigenvalue weighted by Gasteiger charge is 2.35. The molecule has 0 bridgehead atoms. The summed E-state index contributed by atoms with van der Waals surface area (Å²) in [5.74, 6) is 2.57. The maximum atomic E-state index is 3.60. The van der Waals surface area contributed by atoms with Crippen molar-refractivity contribution < 1.29 is 0 Å². The number of hydrogen-bond donors (Lipinski definition) is 1. The first-order valence-electron chi connectivity index (χ1n) is 5.66. The van der Waals surface area contributed by atoms with Crippen molar-refractivity contribution in [3.05, 3.63) is 0 Å². The topological polar surface area (TPSA) is 12.0 Å². The van der Waals surface area contributed by atoms with E-state index in [-0.39, 0.29) is 0 Å². The summed E-state index contributed by atoms with van der Waals surface area (Å²) >= 11 is 4.11. The van der Waals surface area contributed by atoms with E-state index in [2.05, 4.69) is 30.3 Å². The number of thioether (sulfide) groups is 2. The van der Waals surface area contributed by atoms with Gasteiger partial charge in [0.2, 0.25) is 0 Å². The summed E-state index contributed by atoms with van der Waals surface area (Å²) in [5, 5.41) is 3.60. The van der Waals surface area contributed by atoms with Gasteiger partial charge >= 0.3 is 0 Å². The van der Waals surface area contributed by atoms with Crippen LogP contribution in [0.5, 0.6) is 0 Å². The van der Waals surface area contributed by atoms with E-state index >= 15 is 0 Å². The maximum absolute atomic E-state index is 3.60. The van der Waals surface area contributed by atoms with Gasteiger partial charge in [-0.3, -0.25) is 0 Å². The van der Waals surface area contributed by atoms with Gasteiger partial charge in [0, 0.05) is 11.3 Å². The molecule has 0 radical (unpaired) electrons. The second kappa shape index (κ2) is 7.02. The van der Waals surface area contributed by atoms with E-state index in [9.17, 15) is 0 Å². The lowest BCUT2D eigenvalue weighted by Gasteiger charge is -2.40. The van der Waals surface area contributed by atoms with Crippen molar-refractivity contribution in [3.8, 4) is 0 Å². The van der Waals surface area contributed by atoms with Gasteiger partial charge in [0.15, 0.2) is 0 Å². The lowest BCUT2D eigenvalue weighted by atomic mass is 9.84. The monoisotopic (exact) mass is 233 g/mol. The van der Waals surface area contributed by atoms with E-state index in [1.165, 1.54) is 50.3 Å². The van der Waals surface area contributed by atoms with Crippen LogP contribution in [0.25, 0.3) is 0 Å². The molecule has 0 spiro atoms. The van der Waals surface area contributed by atoms with Gasteiger partial charge in [0.25, 0.3) is 0 Å². The molecule has 0 aromatic carbocycles. The molecule has 0 unspecified atom stereocenters. The zero-order valence-electron chi connectivity index (χ0n) is 9.47. The van der Waals surface area contributed by atoms with Gasteiger partial charge in [-0.15, -0.1) is 0 Å². The van der Waals surface area contributed by atoms with Crippen LogP contribution in [-0.2, 0) is 0 Å². The molecule has 0 saturated heterocycles. The molecular weight excluding hydrogens is 210 g/mol. The Bertz CT molecular complexity index is 141. The van der Waals surface area contributed by atoms with Crippen LogP contribution < -0.4 is 5.32 Å². The van der Waals surface area contributed by atoms with Gasteiger partial charge in [-0.2, -0.15) is 23.5 Å². The average Bonchev–Trinajstić information content (AvgIpc) is 2.15. The first kappa shape index (κ1) is 12.7. The average molecular weight is 233 g/mol. The second-order valence-electron chi connectivity index (χ2n) is 3.97. The Morgan fingerprint density at radius 2 is 2.14 bits per heavy atom. The molecule has 1 rings (SSSR count). The minimum atomic E-state index is 0.609. The Labute approximate surface area is 97.2 Å². The molecular formula is C11H23NS2. The molecule has 0 aromatic rings. The van der Waals surface area contributed by atoms with Crippen LogP contribution in [0.15, 0.2) is 0 Å². The fourth-order valence-electron chi connectivity index (χ4n) is 1.78. The summed E-state index contributed by atoms with van der Waals surface area (Å²) in [4.78, 5) is 0. The van der Waals surface area contributed by atoms with E-state index in [0.717, 1.165) is 0 Å². The molecule has 0 amide bonds. The summed E-state index contributed by atoms with van der Waals surface area (Å²) in [6, 6.07) is 0. The SMILES string of the molecule is CCSCCCNCC1(SC)CCC1. The largest absolute Gasteiger partial charge is 0.315 e. The van der Waals surface area contributed by atoms with Crippen LogP contribution in [0.3, 0.4) is 0 Å². The van der Waals surface area contributed by atoms with Crippen LogP contribution in [0, 0.1) is 0 Å². The van der Waals surface area contributed by atoms with E-state index in [4.69, 9.17) is 0 Å². The lowest BCUT2D eigenvalue weighted by molar-refractivity contribution is 0.346. The lowest BCUT2D eigenvalue weighted by Crippen LogP contribution is -2.43. The van der Waals surface area contributed by atoms with E-state index in [1.54, 1.807) is 0 Å². The highest BCUT2D eigenvalue weighted by Crippen LogP contribution is 2.42. The van der Waals surface area contributed by atoms with Gasteiger partial charge in [0.05, 0.1) is 0 Å². The Balaban J connectivity index is 1.92. The van der Waals surface area contributed by atoms with Gasteiger partial charge in [-0.1, -0.05) is 13.3 Å². The molecule has 1 aliphatic carbocycles. The van der Waals surface area contributed by atoms with Crippen LogP contribution in [-0.4, -0.2) is 35.6 Å². The first-order valence-corrected chi connectivity index (χ1v) is 8.04. The maximum Gasteiger partial charge on any atom is 0.0281 e. The summed E-state index contributed by atoms with van der Waals surface area (Å²) < 4.78 is 0.609. The minimum absolute atomic E-state index is 0.609. The summed E-state index contributed by atoms with van der Waals surface area (Å²) in [7, 11) is 0. The molecule has 14 heavy (non-hydrogen) atoms. The van der Waals surface area contributed by atoms with Gasteiger partial charge in [-0.25, -0.2) is 0 Å². The zero-order chi connectivity index (χ0) is 10.3. The molecule has 1 fully saturated rings. The fourth-order valence-corrected chi connectivity index (χ4v) is 3.36. The molecule has 84 valence electrons. The third-order valence-corrected chi connectivity index (χ3v) is 5.40. The van der Waals surface area contributed by atoms with Crippen LogP contribution in [0.2, 0.25) is 0 Å². The number of hydrogen-bond acceptors (Lipinski definition) is 3. The molecule has 0 aliphatic heterocycles. The highest BCUT2D eigenvalue weighted by molar-refractivity contribution is 8.00. The first-order chi connectivity index (χ1) is 6.83. The molecule has 0 heterocycles. The van der Waals surface area contributed by atoms with Gasteiger partial charge < -0.3 is 5.32 Å². The van der Waals surface area contributed by atoms with Crippen LogP contribution >= 0.6 is 23.5 Å². The molecule has 1 saturated carbocycles. The standard InChI is InChI=1S/C11H23NS2/c1-3-14-9-5-8-12-10-11(13-2)6-4-7-11/h12H,3-10H2,1-2H3. The Morgan fingerprint density at radius 1 is 1.36 bits per heavy atom. The van der Waals surface area contributed by atoms with Gasteiger partial charge in [0.1, 0.15) is 0 Å². The predicted molar refractivity (Wildman–Crippen MR) is 70.6 cm³/mol. The number of rotatable bonds is 8. The summed E-state index contributed by atoms with van der Waals surface area (Å²) in [6.45, 7) is 4.66. The normalized spacial score (nSPS) is 19.3. The fraction of sp³-hybridized carbons (Fsp3) is 1.00. The molecule has 1 aliphatic rings. The van der Waals surface area contributed by atoms with Crippen LogP contribution in [0.1, 0.15) is 32.6 Å².